The molecule has 0 saturated heterocycles. The standard InChI is InChI=1S/C16H31N2P/c1-14(2,3)19(15(4,5)6)16(18-8)11-9-13(17-7)10-12-16/h9-11,17-18H,12H2,1-8H3. The van der Waals surface area contributed by atoms with Crippen LogP contribution in [-0.4, -0.2) is 29.7 Å². The maximum Gasteiger partial charge on any atom is 0.0610 e. The van der Waals surface area contributed by atoms with Crippen molar-refractivity contribution in [3.05, 3.63) is 23.9 Å². The summed E-state index contributed by atoms with van der Waals surface area (Å²) in [6.07, 6.45) is 8.01. The zero-order valence-corrected chi connectivity index (χ0v) is 14.8. The number of hydrogen-bond acceptors (Lipinski definition) is 2. The van der Waals surface area contributed by atoms with Gasteiger partial charge in [-0.05, 0) is 29.9 Å². The molecule has 0 radical (unpaired) electrons. The Bertz CT molecular complexity index is 357. The lowest BCUT2D eigenvalue weighted by Crippen LogP contribution is -2.48. The smallest absolute Gasteiger partial charge is 0.0610 e. The Morgan fingerprint density at radius 3 is 1.84 bits per heavy atom. The van der Waals surface area contributed by atoms with Gasteiger partial charge in [-0.25, -0.2) is 0 Å². The van der Waals surface area contributed by atoms with E-state index in [-0.39, 0.29) is 13.2 Å². The maximum atomic E-state index is 3.64. The Morgan fingerprint density at radius 1 is 1.05 bits per heavy atom. The first-order valence-electron chi connectivity index (χ1n) is 7.13. The molecule has 0 aromatic rings. The lowest BCUT2D eigenvalue weighted by Gasteiger charge is -2.53. The van der Waals surface area contributed by atoms with Gasteiger partial charge in [-0.2, -0.15) is 0 Å². The van der Waals surface area contributed by atoms with E-state index in [1.54, 1.807) is 0 Å². The van der Waals surface area contributed by atoms with Gasteiger partial charge in [0, 0.05) is 12.7 Å². The summed E-state index contributed by atoms with van der Waals surface area (Å²) in [7, 11) is 3.85. The highest BCUT2D eigenvalue weighted by Crippen LogP contribution is 2.68. The molecule has 0 aliphatic heterocycles. The van der Waals surface area contributed by atoms with Crippen LogP contribution in [-0.2, 0) is 0 Å². The SMILES string of the molecule is CNC1=CCC(NC)(P(C(C)(C)C)C(C)(C)C)C=C1. The molecule has 0 saturated carbocycles. The minimum absolute atomic E-state index is 0.103. The second kappa shape index (κ2) is 5.58. The summed E-state index contributed by atoms with van der Waals surface area (Å²) in [6, 6.07) is 0. The third-order valence-electron chi connectivity index (χ3n) is 3.63. The molecule has 0 amide bonds. The quantitative estimate of drug-likeness (QED) is 0.763. The van der Waals surface area contributed by atoms with Gasteiger partial charge in [-0.15, -0.1) is 0 Å². The van der Waals surface area contributed by atoms with Crippen LogP contribution < -0.4 is 10.6 Å². The summed E-state index contributed by atoms with van der Waals surface area (Å²) in [5.74, 6) is 0. The molecular weight excluding hydrogens is 251 g/mol. The van der Waals surface area contributed by atoms with Crippen LogP contribution in [0.3, 0.4) is 0 Å². The van der Waals surface area contributed by atoms with Crippen molar-refractivity contribution in [3.8, 4) is 0 Å². The van der Waals surface area contributed by atoms with E-state index in [0.29, 0.717) is 10.3 Å². The van der Waals surface area contributed by atoms with Gasteiger partial charge in [0.15, 0.2) is 0 Å². The van der Waals surface area contributed by atoms with Gasteiger partial charge in [-0.1, -0.05) is 61.6 Å². The van der Waals surface area contributed by atoms with Gasteiger partial charge in [0.25, 0.3) is 0 Å². The number of hydrogen-bond donors (Lipinski definition) is 2. The summed E-state index contributed by atoms with van der Waals surface area (Å²) < 4.78 is 0. The normalized spacial score (nSPS) is 24.6. The number of nitrogens with one attached hydrogen (secondary N) is 2. The summed E-state index contributed by atoms with van der Waals surface area (Å²) in [6.45, 7) is 14.3. The van der Waals surface area contributed by atoms with Crippen LogP contribution in [0.5, 0.6) is 0 Å². The van der Waals surface area contributed by atoms with Crippen LogP contribution in [0.2, 0.25) is 0 Å². The topological polar surface area (TPSA) is 24.1 Å². The highest BCUT2D eigenvalue weighted by atomic mass is 31.1. The first kappa shape index (κ1) is 16.7. The van der Waals surface area contributed by atoms with Gasteiger partial charge in [0.05, 0.1) is 5.28 Å². The molecule has 0 heterocycles. The Morgan fingerprint density at radius 2 is 1.58 bits per heavy atom. The van der Waals surface area contributed by atoms with Crippen LogP contribution in [0, 0.1) is 0 Å². The van der Waals surface area contributed by atoms with Gasteiger partial charge in [0.1, 0.15) is 0 Å². The number of likely N-dealkylation sites (N-methyl/N-ethyl adjacent to an activating group) is 2. The fourth-order valence-electron chi connectivity index (χ4n) is 3.48. The van der Waals surface area contributed by atoms with Crippen molar-refractivity contribution in [3.63, 3.8) is 0 Å². The van der Waals surface area contributed by atoms with Crippen molar-refractivity contribution < 1.29 is 0 Å². The van der Waals surface area contributed by atoms with Crippen LogP contribution >= 0.6 is 7.92 Å². The Labute approximate surface area is 120 Å². The fourth-order valence-corrected chi connectivity index (χ4v) is 8.61. The van der Waals surface area contributed by atoms with E-state index in [1.807, 2.05) is 7.05 Å². The largest absolute Gasteiger partial charge is 0.388 e. The second-order valence-electron chi connectivity index (χ2n) is 7.30. The average Bonchev–Trinajstić information content (AvgIpc) is 2.26. The van der Waals surface area contributed by atoms with Crippen molar-refractivity contribution in [2.24, 2.45) is 0 Å². The van der Waals surface area contributed by atoms with E-state index in [0.717, 1.165) is 6.42 Å². The Hall–Kier alpha value is -0.330. The van der Waals surface area contributed by atoms with Crippen LogP contribution in [0.25, 0.3) is 0 Å². The molecule has 0 aromatic carbocycles. The maximum absolute atomic E-state index is 3.64. The van der Waals surface area contributed by atoms with E-state index in [2.05, 4.69) is 77.5 Å². The molecule has 110 valence electrons. The van der Waals surface area contributed by atoms with E-state index >= 15 is 0 Å². The summed E-state index contributed by atoms with van der Waals surface area (Å²) >= 11 is 0. The average molecular weight is 282 g/mol. The molecule has 0 aromatic heterocycles. The van der Waals surface area contributed by atoms with Gasteiger partial charge in [-0.3, -0.25) is 0 Å². The monoisotopic (exact) mass is 282 g/mol. The van der Waals surface area contributed by atoms with Crippen molar-refractivity contribution in [2.75, 3.05) is 14.1 Å². The van der Waals surface area contributed by atoms with E-state index in [4.69, 9.17) is 0 Å². The molecule has 2 nitrogen and oxygen atoms in total. The van der Waals surface area contributed by atoms with Gasteiger partial charge in [0.2, 0.25) is 0 Å². The molecule has 3 heteroatoms. The molecule has 2 N–H and O–H groups in total. The third kappa shape index (κ3) is 3.61. The highest BCUT2D eigenvalue weighted by Gasteiger charge is 2.47. The lowest BCUT2D eigenvalue weighted by atomic mass is 10.1. The Balaban J connectivity index is 3.21. The Kier molecular flexibility index (Phi) is 4.91. The molecule has 1 rings (SSSR count). The molecule has 0 spiro atoms. The van der Waals surface area contributed by atoms with Crippen LogP contribution in [0.4, 0.5) is 0 Å². The van der Waals surface area contributed by atoms with E-state index in [9.17, 15) is 0 Å². The van der Waals surface area contributed by atoms with Crippen molar-refractivity contribution in [2.45, 2.75) is 63.6 Å². The van der Waals surface area contributed by atoms with E-state index < -0.39 is 0 Å². The predicted octanol–water partition coefficient (Wildman–Crippen LogP) is 4.04. The number of allylic oxidation sites excluding steroid dienone is 1. The molecule has 0 bridgehead atoms. The molecule has 1 atom stereocenters. The molecule has 1 unspecified atom stereocenters. The van der Waals surface area contributed by atoms with Crippen molar-refractivity contribution in [1.29, 1.82) is 0 Å². The summed E-state index contributed by atoms with van der Waals surface area (Å²) in [5.41, 5.74) is 1.23. The molecule has 0 fully saturated rings. The van der Waals surface area contributed by atoms with Crippen molar-refractivity contribution >= 4 is 7.92 Å². The second-order valence-corrected chi connectivity index (χ2v) is 11.5. The molecule has 1 aliphatic rings. The van der Waals surface area contributed by atoms with E-state index in [1.165, 1.54) is 5.70 Å². The summed E-state index contributed by atoms with van der Waals surface area (Å²) in [4.78, 5) is 0. The van der Waals surface area contributed by atoms with Crippen LogP contribution in [0.1, 0.15) is 48.0 Å². The van der Waals surface area contributed by atoms with Gasteiger partial charge >= 0.3 is 0 Å². The highest BCUT2D eigenvalue weighted by molar-refractivity contribution is 7.62. The minimum atomic E-state index is -0.240. The lowest BCUT2D eigenvalue weighted by molar-refractivity contribution is 0.554. The number of rotatable bonds is 3. The van der Waals surface area contributed by atoms with Gasteiger partial charge < -0.3 is 10.6 Å². The first-order chi connectivity index (χ1) is 8.57. The predicted molar refractivity (Wildman–Crippen MR) is 89.1 cm³/mol. The minimum Gasteiger partial charge on any atom is -0.388 e. The molecule has 19 heavy (non-hydrogen) atoms. The molecular formula is C16H31N2P. The zero-order valence-electron chi connectivity index (χ0n) is 13.9. The third-order valence-corrected chi connectivity index (χ3v) is 7.67. The molecule has 1 aliphatic carbocycles. The fraction of sp³-hybridized carbons (Fsp3) is 0.750. The first-order valence-corrected chi connectivity index (χ1v) is 8.47. The summed E-state index contributed by atoms with van der Waals surface area (Å²) in [5, 5.41) is 7.61. The van der Waals surface area contributed by atoms with Crippen molar-refractivity contribution in [1.82, 2.24) is 10.6 Å². The van der Waals surface area contributed by atoms with Crippen LogP contribution in [0.15, 0.2) is 23.9 Å². The zero-order chi connectivity index (χ0) is 14.9.